The maximum atomic E-state index is 11.0. The Morgan fingerprint density at radius 1 is 1.05 bits per heavy atom. The number of hydrogen-bond acceptors (Lipinski definition) is 7. The summed E-state index contributed by atoms with van der Waals surface area (Å²) in [7, 11) is 0. The van der Waals surface area contributed by atoms with Crippen molar-refractivity contribution in [2.45, 2.75) is 0 Å². The van der Waals surface area contributed by atoms with Crippen molar-refractivity contribution in [2.24, 2.45) is 5.16 Å². The molecule has 2 rings (SSSR count). The van der Waals surface area contributed by atoms with Gasteiger partial charge < -0.3 is 9.94 Å². The zero-order valence-electron chi connectivity index (χ0n) is 10.9. The summed E-state index contributed by atoms with van der Waals surface area (Å²) in [4.78, 5) is 20.2. The van der Waals surface area contributed by atoms with Crippen molar-refractivity contribution < 1.29 is 19.8 Å². The molecule has 0 fully saturated rings. The first-order valence-corrected chi connectivity index (χ1v) is 5.89. The van der Waals surface area contributed by atoms with Crippen LogP contribution in [0.1, 0.15) is 5.56 Å². The molecule has 0 aliphatic rings. The monoisotopic (exact) mass is 303 g/mol. The van der Waals surface area contributed by atoms with Crippen molar-refractivity contribution in [1.29, 1.82) is 0 Å². The van der Waals surface area contributed by atoms with Gasteiger partial charge in [0.1, 0.15) is 5.75 Å². The predicted molar refractivity (Wildman–Crippen MR) is 75.6 cm³/mol. The maximum absolute atomic E-state index is 11.0. The van der Waals surface area contributed by atoms with Gasteiger partial charge in [-0.1, -0.05) is 5.16 Å². The third-order valence-electron chi connectivity index (χ3n) is 2.66. The van der Waals surface area contributed by atoms with Crippen LogP contribution in [0.3, 0.4) is 0 Å². The zero-order valence-corrected chi connectivity index (χ0v) is 10.9. The van der Waals surface area contributed by atoms with E-state index >= 15 is 0 Å². The lowest BCUT2D eigenvalue weighted by Gasteiger charge is -2.06. The molecule has 0 atom stereocenters. The second kappa shape index (κ2) is 6.31. The molecule has 2 aromatic carbocycles. The Balaban J connectivity index is 2.32. The van der Waals surface area contributed by atoms with Gasteiger partial charge in [0.2, 0.25) is 5.75 Å². The van der Waals surface area contributed by atoms with E-state index in [4.69, 9.17) is 9.94 Å². The number of nitro benzene ring substituents is 2. The van der Waals surface area contributed by atoms with Gasteiger partial charge in [-0.05, 0) is 35.9 Å². The summed E-state index contributed by atoms with van der Waals surface area (Å²) < 4.78 is 5.37. The third kappa shape index (κ3) is 3.33. The van der Waals surface area contributed by atoms with E-state index in [1.807, 2.05) is 0 Å². The van der Waals surface area contributed by atoms with Crippen LogP contribution in [0.2, 0.25) is 0 Å². The van der Waals surface area contributed by atoms with E-state index in [0.29, 0.717) is 11.3 Å². The first-order chi connectivity index (χ1) is 10.5. The van der Waals surface area contributed by atoms with Gasteiger partial charge in [0.05, 0.1) is 22.1 Å². The van der Waals surface area contributed by atoms with E-state index in [1.54, 1.807) is 12.1 Å². The van der Waals surface area contributed by atoms with Gasteiger partial charge in [-0.15, -0.1) is 0 Å². The van der Waals surface area contributed by atoms with Crippen molar-refractivity contribution >= 4 is 17.6 Å². The highest BCUT2D eigenvalue weighted by Crippen LogP contribution is 2.34. The fourth-order valence-electron chi connectivity index (χ4n) is 1.66. The molecule has 0 spiro atoms. The summed E-state index contributed by atoms with van der Waals surface area (Å²) in [5, 5.41) is 32.9. The number of nitrogens with zero attached hydrogens (tertiary/aromatic N) is 3. The molecule has 0 saturated carbocycles. The van der Waals surface area contributed by atoms with Gasteiger partial charge in [-0.3, -0.25) is 20.2 Å². The molecule has 0 aliphatic heterocycles. The normalized spacial score (nSPS) is 10.5. The average Bonchev–Trinajstić information content (AvgIpc) is 2.49. The van der Waals surface area contributed by atoms with Crippen molar-refractivity contribution in [3.05, 3.63) is 68.3 Å². The Hall–Kier alpha value is -3.49. The molecule has 1 N–H and O–H groups in total. The minimum Gasteiger partial charge on any atom is -0.450 e. The number of benzene rings is 2. The standard InChI is InChI=1S/C13H9N3O6/c17-14-8-9-1-4-11(5-2-9)22-13-6-3-10(15(18)19)7-12(13)16(20)21/h1-8,17H/b14-8+. The number of non-ortho nitro benzene ring substituents is 1. The third-order valence-corrected chi connectivity index (χ3v) is 2.66. The Kier molecular flexibility index (Phi) is 4.27. The lowest BCUT2D eigenvalue weighted by atomic mass is 10.2. The summed E-state index contributed by atoms with van der Waals surface area (Å²) in [6.45, 7) is 0. The van der Waals surface area contributed by atoms with E-state index < -0.39 is 21.2 Å². The molecule has 9 nitrogen and oxygen atoms in total. The molecule has 0 unspecified atom stereocenters. The smallest absolute Gasteiger partial charge is 0.318 e. The Morgan fingerprint density at radius 2 is 1.73 bits per heavy atom. The minimum atomic E-state index is -0.755. The average molecular weight is 303 g/mol. The molecule has 0 heterocycles. The van der Waals surface area contributed by atoms with Crippen molar-refractivity contribution in [3.8, 4) is 11.5 Å². The van der Waals surface area contributed by atoms with E-state index in [0.717, 1.165) is 12.1 Å². The number of ether oxygens (including phenoxy) is 1. The summed E-state index contributed by atoms with van der Waals surface area (Å²) in [5.41, 5.74) is -0.295. The molecule has 0 saturated heterocycles. The highest BCUT2D eigenvalue weighted by Gasteiger charge is 2.21. The topological polar surface area (TPSA) is 128 Å². The van der Waals surface area contributed by atoms with E-state index in [2.05, 4.69) is 5.16 Å². The number of rotatable bonds is 5. The fourth-order valence-corrected chi connectivity index (χ4v) is 1.66. The quantitative estimate of drug-likeness (QED) is 0.391. The molecule has 9 heteroatoms. The predicted octanol–water partition coefficient (Wildman–Crippen LogP) is 3.10. The van der Waals surface area contributed by atoms with Gasteiger partial charge >= 0.3 is 5.69 Å². The van der Waals surface area contributed by atoms with Crippen LogP contribution in [0.4, 0.5) is 11.4 Å². The zero-order chi connectivity index (χ0) is 16.1. The summed E-state index contributed by atoms with van der Waals surface area (Å²) >= 11 is 0. The van der Waals surface area contributed by atoms with Crippen LogP contribution >= 0.6 is 0 Å². The molecule has 0 radical (unpaired) electrons. The van der Waals surface area contributed by atoms with Gasteiger partial charge in [-0.2, -0.15) is 0 Å². The van der Waals surface area contributed by atoms with Crippen LogP contribution in [0.25, 0.3) is 0 Å². The summed E-state index contributed by atoms with van der Waals surface area (Å²) in [6.07, 6.45) is 1.21. The largest absolute Gasteiger partial charge is 0.450 e. The number of hydrogen-bond donors (Lipinski definition) is 1. The molecule has 0 bridgehead atoms. The maximum Gasteiger partial charge on any atom is 0.318 e. The number of nitro groups is 2. The van der Waals surface area contributed by atoms with Crippen LogP contribution < -0.4 is 4.74 Å². The van der Waals surface area contributed by atoms with Crippen LogP contribution in [0.5, 0.6) is 11.5 Å². The Bertz CT molecular complexity index is 742. The molecule has 0 aliphatic carbocycles. The minimum absolute atomic E-state index is 0.112. The van der Waals surface area contributed by atoms with Gasteiger partial charge in [0, 0.05) is 6.07 Å². The Labute approximate surface area is 123 Å². The molecule has 2 aromatic rings. The summed E-state index contributed by atoms with van der Waals surface area (Å²) in [6, 6.07) is 9.31. The van der Waals surface area contributed by atoms with Crippen LogP contribution in [-0.4, -0.2) is 21.3 Å². The molecule has 112 valence electrons. The SMILES string of the molecule is O=[N+]([O-])c1ccc(Oc2ccc(/C=N/O)cc2)c([N+](=O)[O-])c1. The van der Waals surface area contributed by atoms with Crippen LogP contribution in [0.15, 0.2) is 47.6 Å². The molecular formula is C13H9N3O6. The molecule has 0 aromatic heterocycles. The highest BCUT2D eigenvalue weighted by molar-refractivity contribution is 5.79. The van der Waals surface area contributed by atoms with Gasteiger partial charge in [-0.25, -0.2) is 0 Å². The van der Waals surface area contributed by atoms with Crippen LogP contribution in [-0.2, 0) is 0 Å². The molecule has 0 amide bonds. The van der Waals surface area contributed by atoms with Crippen molar-refractivity contribution in [1.82, 2.24) is 0 Å². The lowest BCUT2D eigenvalue weighted by Crippen LogP contribution is -1.96. The summed E-state index contributed by atoms with van der Waals surface area (Å²) in [5.74, 6) is 0.186. The molecule has 22 heavy (non-hydrogen) atoms. The number of oxime groups is 1. The van der Waals surface area contributed by atoms with Gasteiger partial charge in [0.25, 0.3) is 5.69 Å². The second-order valence-electron chi connectivity index (χ2n) is 4.08. The Morgan fingerprint density at radius 3 is 2.27 bits per heavy atom. The second-order valence-corrected chi connectivity index (χ2v) is 4.08. The first-order valence-electron chi connectivity index (χ1n) is 5.89. The molecular weight excluding hydrogens is 294 g/mol. The van der Waals surface area contributed by atoms with Crippen molar-refractivity contribution in [3.63, 3.8) is 0 Å². The van der Waals surface area contributed by atoms with E-state index in [9.17, 15) is 20.2 Å². The van der Waals surface area contributed by atoms with Crippen molar-refractivity contribution in [2.75, 3.05) is 0 Å². The van der Waals surface area contributed by atoms with Gasteiger partial charge in [0.15, 0.2) is 0 Å². The fraction of sp³-hybridized carbons (Fsp3) is 0. The first kappa shape index (κ1) is 14.9. The van der Waals surface area contributed by atoms with E-state index in [1.165, 1.54) is 24.4 Å². The highest BCUT2D eigenvalue weighted by atomic mass is 16.6. The van der Waals surface area contributed by atoms with E-state index in [-0.39, 0.29) is 5.75 Å². The van der Waals surface area contributed by atoms with Crippen LogP contribution in [0, 0.1) is 20.2 Å². The lowest BCUT2D eigenvalue weighted by molar-refractivity contribution is -0.394.